The van der Waals surface area contributed by atoms with Gasteiger partial charge < -0.3 is 24.4 Å². The molecule has 3 fully saturated rings. The number of nitrogens with one attached hydrogen (secondary N) is 1. The lowest BCUT2D eigenvalue weighted by Gasteiger charge is -2.42. The number of likely N-dealkylation sites (tertiary alicyclic amines) is 1. The number of halogens is 1. The molecule has 1 N–H and O–H groups in total. The van der Waals surface area contributed by atoms with Crippen molar-refractivity contribution in [3.8, 4) is 0 Å². The third-order valence-corrected chi connectivity index (χ3v) is 7.23. The molecule has 0 amide bonds. The van der Waals surface area contributed by atoms with Gasteiger partial charge in [0, 0.05) is 51.5 Å². The van der Waals surface area contributed by atoms with Crippen LogP contribution < -0.4 is 5.32 Å². The van der Waals surface area contributed by atoms with Crippen molar-refractivity contribution >= 4 is 41.7 Å². The van der Waals surface area contributed by atoms with Crippen molar-refractivity contribution in [1.29, 1.82) is 0 Å². The van der Waals surface area contributed by atoms with Crippen LogP contribution in [0.5, 0.6) is 0 Å². The zero-order valence-electron chi connectivity index (χ0n) is 18.1. The molecule has 170 valence electrons. The molecular formula is C20H39IN4O3S. The number of ether oxygens (including phenoxy) is 3. The van der Waals surface area contributed by atoms with E-state index in [4.69, 9.17) is 19.2 Å². The molecule has 2 unspecified atom stereocenters. The van der Waals surface area contributed by atoms with E-state index in [0.29, 0.717) is 19.1 Å². The molecule has 3 rings (SSSR count). The molecule has 9 heteroatoms. The van der Waals surface area contributed by atoms with Gasteiger partial charge in [0.15, 0.2) is 5.96 Å². The predicted octanol–water partition coefficient (Wildman–Crippen LogP) is 1.76. The Labute approximate surface area is 197 Å². The summed E-state index contributed by atoms with van der Waals surface area (Å²) in [5, 5.41) is 3.53. The van der Waals surface area contributed by atoms with Crippen LogP contribution in [0.1, 0.15) is 19.8 Å². The number of guanidine groups is 1. The highest BCUT2D eigenvalue weighted by Gasteiger charge is 2.41. The Morgan fingerprint density at radius 2 is 2.10 bits per heavy atom. The SMILES string of the molecule is CCNC(=NCC1(N2CCOCC2)CCSC1)N1CCC(COCCOC)C1.I. The van der Waals surface area contributed by atoms with Crippen LogP contribution in [-0.4, -0.2) is 112 Å². The fourth-order valence-corrected chi connectivity index (χ4v) is 5.78. The summed E-state index contributed by atoms with van der Waals surface area (Å²) in [5.41, 5.74) is 0.206. The standard InChI is InChI=1S/C20H38N4O3S.HI/c1-3-21-19(23-6-4-18(14-23)15-27-12-11-25-2)22-16-20(5-13-28-17-20)24-7-9-26-10-8-24;/h18H,3-17H2,1-2H3,(H,21,22);1H. The van der Waals surface area contributed by atoms with Crippen LogP contribution in [0.3, 0.4) is 0 Å². The van der Waals surface area contributed by atoms with Crippen molar-refractivity contribution in [3.05, 3.63) is 0 Å². The van der Waals surface area contributed by atoms with Gasteiger partial charge in [-0.2, -0.15) is 11.8 Å². The molecule has 0 aromatic rings. The normalized spacial score (nSPS) is 28.6. The van der Waals surface area contributed by atoms with Gasteiger partial charge in [0.25, 0.3) is 0 Å². The van der Waals surface area contributed by atoms with E-state index in [1.165, 1.54) is 24.3 Å². The number of hydrogen-bond donors (Lipinski definition) is 1. The number of thioether (sulfide) groups is 1. The quantitative estimate of drug-likeness (QED) is 0.206. The molecular weight excluding hydrogens is 503 g/mol. The molecule has 0 radical (unpaired) electrons. The third-order valence-electron chi connectivity index (χ3n) is 5.99. The molecule has 29 heavy (non-hydrogen) atoms. The largest absolute Gasteiger partial charge is 0.382 e. The van der Waals surface area contributed by atoms with Gasteiger partial charge in [-0.25, -0.2) is 0 Å². The van der Waals surface area contributed by atoms with Crippen LogP contribution in [0.2, 0.25) is 0 Å². The molecule has 0 aromatic carbocycles. The Bertz CT molecular complexity index is 488. The van der Waals surface area contributed by atoms with Crippen LogP contribution in [0.4, 0.5) is 0 Å². The van der Waals surface area contributed by atoms with E-state index in [9.17, 15) is 0 Å². The zero-order chi connectivity index (χ0) is 19.7. The van der Waals surface area contributed by atoms with Crippen molar-refractivity contribution in [2.45, 2.75) is 25.3 Å². The second-order valence-corrected chi connectivity index (χ2v) is 9.07. The van der Waals surface area contributed by atoms with Gasteiger partial charge in [0.05, 0.1) is 45.1 Å². The van der Waals surface area contributed by atoms with Crippen molar-refractivity contribution < 1.29 is 14.2 Å². The highest BCUT2D eigenvalue weighted by Crippen LogP contribution is 2.34. The van der Waals surface area contributed by atoms with Gasteiger partial charge in [-0.15, -0.1) is 24.0 Å². The summed E-state index contributed by atoms with van der Waals surface area (Å²) in [4.78, 5) is 10.2. The molecule has 3 saturated heterocycles. The van der Waals surface area contributed by atoms with Crippen LogP contribution in [0.15, 0.2) is 4.99 Å². The number of morpholine rings is 1. The second-order valence-electron chi connectivity index (χ2n) is 7.96. The first-order chi connectivity index (χ1) is 13.8. The van der Waals surface area contributed by atoms with Gasteiger partial charge in [0.2, 0.25) is 0 Å². The van der Waals surface area contributed by atoms with E-state index in [1.54, 1.807) is 7.11 Å². The Balaban J connectivity index is 0.00000300. The van der Waals surface area contributed by atoms with Crippen LogP contribution in [0.25, 0.3) is 0 Å². The zero-order valence-corrected chi connectivity index (χ0v) is 21.2. The molecule has 0 spiro atoms. The van der Waals surface area contributed by atoms with Crippen molar-refractivity contribution in [2.75, 3.05) is 90.9 Å². The molecule has 0 bridgehead atoms. The number of hydrogen-bond acceptors (Lipinski definition) is 6. The monoisotopic (exact) mass is 542 g/mol. The molecule has 0 saturated carbocycles. The summed E-state index contributed by atoms with van der Waals surface area (Å²) in [7, 11) is 1.71. The number of methoxy groups -OCH3 is 1. The van der Waals surface area contributed by atoms with Gasteiger partial charge in [-0.05, 0) is 25.5 Å². The topological polar surface area (TPSA) is 58.6 Å². The van der Waals surface area contributed by atoms with Crippen LogP contribution in [0, 0.1) is 5.92 Å². The predicted molar refractivity (Wildman–Crippen MR) is 131 cm³/mol. The molecule has 2 atom stereocenters. The maximum absolute atomic E-state index is 5.75. The van der Waals surface area contributed by atoms with E-state index in [0.717, 1.165) is 65.0 Å². The molecule has 3 aliphatic rings. The Hall–Kier alpha value is 0.190. The molecule has 0 aliphatic carbocycles. The first-order valence-corrected chi connectivity index (χ1v) is 11.9. The maximum Gasteiger partial charge on any atom is 0.193 e. The van der Waals surface area contributed by atoms with Crippen molar-refractivity contribution in [1.82, 2.24) is 15.1 Å². The lowest BCUT2D eigenvalue weighted by molar-refractivity contribution is -0.0105. The van der Waals surface area contributed by atoms with Crippen molar-refractivity contribution in [3.63, 3.8) is 0 Å². The molecule has 0 aromatic heterocycles. The Morgan fingerprint density at radius 3 is 2.79 bits per heavy atom. The smallest absolute Gasteiger partial charge is 0.193 e. The van der Waals surface area contributed by atoms with Crippen LogP contribution >= 0.6 is 35.7 Å². The number of rotatable bonds is 9. The highest BCUT2D eigenvalue weighted by molar-refractivity contribution is 14.0. The summed E-state index contributed by atoms with van der Waals surface area (Å²) in [5.74, 6) is 4.09. The van der Waals surface area contributed by atoms with E-state index >= 15 is 0 Å². The van der Waals surface area contributed by atoms with Crippen LogP contribution in [-0.2, 0) is 14.2 Å². The summed E-state index contributed by atoms with van der Waals surface area (Å²) < 4.78 is 16.4. The lowest BCUT2D eigenvalue weighted by atomic mass is 9.96. The van der Waals surface area contributed by atoms with Crippen molar-refractivity contribution in [2.24, 2.45) is 10.9 Å². The minimum atomic E-state index is 0. The van der Waals surface area contributed by atoms with E-state index in [1.807, 2.05) is 0 Å². The lowest BCUT2D eigenvalue weighted by Crippen LogP contribution is -2.56. The first kappa shape index (κ1) is 25.5. The minimum Gasteiger partial charge on any atom is -0.382 e. The van der Waals surface area contributed by atoms with E-state index in [-0.39, 0.29) is 29.5 Å². The van der Waals surface area contributed by atoms with Gasteiger partial charge in [-0.1, -0.05) is 0 Å². The average Bonchev–Trinajstić information content (AvgIpc) is 3.40. The summed E-state index contributed by atoms with van der Waals surface area (Å²) >= 11 is 2.07. The average molecular weight is 543 g/mol. The number of aliphatic imine (C=N–C) groups is 1. The van der Waals surface area contributed by atoms with E-state index < -0.39 is 0 Å². The minimum absolute atomic E-state index is 0. The van der Waals surface area contributed by atoms with Gasteiger partial charge in [-0.3, -0.25) is 9.89 Å². The maximum atomic E-state index is 5.75. The Morgan fingerprint density at radius 1 is 1.28 bits per heavy atom. The summed E-state index contributed by atoms with van der Waals surface area (Å²) in [6, 6.07) is 0. The molecule has 3 aliphatic heterocycles. The van der Waals surface area contributed by atoms with Gasteiger partial charge in [0.1, 0.15) is 0 Å². The number of nitrogens with zero attached hydrogens (tertiary/aromatic N) is 3. The highest BCUT2D eigenvalue weighted by atomic mass is 127. The summed E-state index contributed by atoms with van der Waals surface area (Å²) in [6.45, 7) is 12.0. The molecule has 3 heterocycles. The fourth-order valence-electron chi connectivity index (χ4n) is 4.31. The first-order valence-electron chi connectivity index (χ1n) is 10.8. The molecule has 7 nitrogen and oxygen atoms in total. The fraction of sp³-hybridized carbons (Fsp3) is 0.950. The third kappa shape index (κ3) is 7.38. The summed E-state index contributed by atoms with van der Waals surface area (Å²) in [6.07, 6.45) is 2.40. The van der Waals surface area contributed by atoms with E-state index in [2.05, 4.69) is 33.8 Å². The van der Waals surface area contributed by atoms with Gasteiger partial charge >= 0.3 is 0 Å². The second kappa shape index (κ2) is 13.6. The Kier molecular flexibility index (Phi) is 11.9.